The molecule has 15 heavy (non-hydrogen) atoms. The number of rotatable bonds is 3. The lowest BCUT2D eigenvalue weighted by Crippen LogP contribution is -2.15. The maximum absolute atomic E-state index is 13.9. The van der Waals surface area contributed by atoms with E-state index in [0.717, 1.165) is 25.7 Å². The van der Waals surface area contributed by atoms with Gasteiger partial charge in [-0.15, -0.1) is 0 Å². The second kappa shape index (κ2) is 3.43. The van der Waals surface area contributed by atoms with E-state index in [1.807, 2.05) is 0 Å². The van der Waals surface area contributed by atoms with Crippen molar-refractivity contribution in [1.29, 1.82) is 0 Å². The predicted octanol–water partition coefficient (Wildman–Crippen LogP) is 2.46. The van der Waals surface area contributed by atoms with Crippen LogP contribution in [0.1, 0.15) is 43.7 Å². The summed E-state index contributed by atoms with van der Waals surface area (Å²) in [5, 5.41) is 3.10. The van der Waals surface area contributed by atoms with Gasteiger partial charge in [0.05, 0.1) is 5.69 Å². The zero-order valence-electron chi connectivity index (χ0n) is 8.54. The summed E-state index contributed by atoms with van der Waals surface area (Å²) in [4.78, 5) is 8.03. The van der Waals surface area contributed by atoms with Gasteiger partial charge in [0, 0.05) is 12.0 Å². The van der Waals surface area contributed by atoms with Crippen molar-refractivity contribution in [2.45, 2.75) is 44.1 Å². The molecule has 0 unspecified atom stereocenters. The Kier molecular flexibility index (Phi) is 2.08. The minimum absolute atomic E-state index is 0.228. The van der Waals surface area contributed by atoms with E-state index in [1.165, 1.54) is 12.7 Å². The third kappa shape index (κ3) is 1.68. The minimum atomic E-state index is -0.228. The van der Waals surface area contributed by atoms with Crippen LogP contribution in [0, 0.1) is 5.82 Å². The first-order valence-corrected chi connectivity index (χ1v) is 5.61. The summed E-state index contributed by atoms with van der Waals surface area (Å²) in [6.07, 6.45) is 7.05. The largest absolute Gasteiger partial charge is 0.365 e. The van der Waals surface area contributed by atoms with Crippen LogP contribution in [0.15, 0.2) is 6.33 Å². The van der Waals surface area contributed by atoms with Gasteiger partial charge in [-0.3, -0.25) is 0 Å². The van der Waals surface area contributed by atoms with Crippen molar-refractivity contribution in [3.05, 3.63) is 17.8 Å². The molecule has 0 bridgehead atoms. The van der Waals surface area contributed by atoms with Gasteiger partial charge in [0.15, 0.2) is 11.6 Å². The zero-order valence-corrected chi connectivity index (χ0v) is 8.54. The minimum Gasteiger partial charge on any atom is -0.365 e. The predicted molar refractivity (Wildman–Crippen MR) is 55.2 cm³/mol. The molecular weight excluding hydrogens is 193 g/mol. The van der Waals surface area contributed by atoms with Crippen LogP contribution in [-0.2, 0) is 0 Å². The average molecular weight is 207 g/mol. The summed E-state index contributed by atoms with van der Waals surface area (Å²) in [6, 6.07) is 0.434. The lowest BCUT2D eigenvalue weighted by molar-refractivity contribution is 0.393. The Hall–Kier alpha value is -1.19. The van der Waals surface area contributed by atoms with E-state index in [1.54, 1.807) is 0 Å². The van der Waals surface area contributed by atoms with Crippen molar-refractivity contribution in [3.63, 3.8) is 0 Å². The van der Waals surface area contributed by atoms with Crippen molar-refractivity contribution in [3.8, 4) is 0 Å². The molecule has 1 heterocycles. The fourth-order valence-electron chi connectivity index (χ4n) is 1.87. The second-order valence-corrected chi connectivity index (χ2v) is 4.47. The molecule has 2 fully saturated rings. The van der Waals surface area contributed by atoms with E-state index >= 15 is 0 Å². The van der Waals surface area contributed by atoms with Gasteiger partial charge in [-0.05, 0) is 25.7 Å². The highest BCUT2D eigenvalue weighted by atomic mass is 19.1. The Balaban J connectivity index is 1.86. The lowest BCUT2D eigenvalue weighted by atomic mass is 9.82. The molecule has 1 N–H and O–H groups in total. The van der Waals surface area contributed by atoms with E-state index < -0.39 is 0 Å². The van der Waals surface area contributed by atoms with Crippen molar-refractivity contribution >= 4 is 5.82 Å². The summed E-state index contributed by atoms with van der Waals surface area (Å²) in [5.41, 5.74) is 0.611. The van der Waals surface area contributed by atoms with Crippen molar-refractivity contribution in [1.82, 2.24) is 9.97 Å². The summed E-state index contributed by atoms with van der Waals surface area (Å²) in [6.45, 7) is 0. The van der Waals surface area contributed by atoms with Gasteiger partial charge in [0.2, 0.25) is 0 Å². The average Bonchev–Trinajstić information content (AvgIpc) is 2.93. The van der Waals surface area contributed by atoms with Crippen LogP contribution in [0.5, 0.6) is 0 Å². The van der Waals surface area contributed by atoms with Crippen LogP contribution in [-0.4, -0.2) is 16.0 Å². The van der Waals surface area contributed by atoms with Crippen LogP contribution in [0.3, 0.4) is 0 Å². The number of anilines is 1. The van der Waals surface area contributed by atoms with Gasteiger partial charge in [0.1, 0.15) is 6.33 Å². The summed E-state index contributed by atoms with van der Waals surface area (Å²) < 4.78 is 13.9. The molecule has 2 aliphatic rings. The molecule has 2 aliphatic carbocycles. The topological polar surface area (TPSA) is 37.8 Å². The number of hydrogen-bond donors (Lipinski definition) is 1. The molecule has 0 saturated heterocycles. The second-order valence-electron chi connectivity index (χ2n) is 4.47. The third-order valence-electron chi connectivity index (χ3n) is 3.23. The number of aromatic nitrogens is 2. The standard InChI is InChI=1S/C11H14FN3/c12-9-10(7-2-1-3-7)13-6-14-11(9)15-8-4-5-8/h6-8H,1-5H2,(H,13,14,15). The number of hydrogen-bond acceptors (Lipinski definition) is 3. The van der Waals surface area contributed by atoms with Crippen LogP contribution < -0.4 is 5.32 Å². The van der Waals surface area contributed by atoms with Crippen molar-refractivity contribution < 1.29 is 4.39 Å². The summed E-state index contributed by atoms with van der Waals surface area (Å²) >= 11 is 0. The molecule has 0 atom stereocenters. The van der Waals surface area contributed by atoms with E-state index in [-0.39, 0.29) is 5.82 Å². The van der Waals surface area contributed by atoms with Gasteiger partial charge in [-0.1, -0.05) is 6.42 Å². The van der Waals surface area contributed by atoms with Crippen LogP contribution in [0.4, 0.5) is 10.2 Å². The van der Waals surface area contributed by atoms with Gasteiger partial charge >= 0.3 is 0 Å². The molecule has 0 radical (unpaired) electrons. The number of halogens is 1. The van der Waals surface area contributed by atoms with E-state index in [0.29, 0.717) is 23.5 Å². The first kappa shape index (κ1) is 9.07. The Morgan fingerprint density at radius 2 is 2.00 bits per heavy atom. The molecule has 0 amide bonds. The first-order chi connectivity index (χ1) is 7.34. The molecule has 0 aromatic carbocycles. The van der Waals surface area contributed by atoms with Gasteiger partial charge in [-0.2, -0.15) is 0 Å². The smallest absolute Gasteiger partial charge is 0.187 e. The number of nitrogens with one attached hydrogen (secondary N) is 1. The lowest BCUT2D eigenvalue weighted by Gasteiger charge is -2.25. The number of nitrogens with zero attached hydrogens (tertiary/aromatic N) is 2. The van der Waals surface area contributed by atoms with Gasteiger partial charge < -0.3 is 5.32 Å². The SMILES string of the molecule is Fc1c(NC2CC2)ncnc1C1CCC1. The fourth-order valence-corrected chi connectivity index (χ4v) is 1.87. The maximum atomic E-state index is 13.9. The van der Waals surface area contributed by atoms with E-state index in [4.69, 9.17) is 0 Å². The van der Waals surface area contributed by atoms with Crippen molar-refractivity contribution in [2.75, 3.05) is 5.32 Å². The Labute approximate surface area is 88.1 Å². The fraction of sp³-hybridized carbons (Fsp3) is 0.636. The molecule has 0 spiro atoms. The summed E-state index contributed by atoms with van der Waals surface area (Å²) in [7, 11) is 0. The molecule has 1 aromatic rings. The zero-order chi connectivity index (χ0) is 10.3. The Morgan fingerprint density at radius 3 is 2.60 bits per heavy atom. The normalized spacial score (nSPS) is 21.1. The molecule has 0 aliphatic heterocycles. The van der Waals surface area contributed by atoms with Crippen LogP contribution >= 0.6 is 0 Å². The quantitative estimate of drug-likeness (QED) is 0.827. The molecule has 2 saturated carbocycles. The van der Waals surface area contributed by atoms with Crippen molar-refractivity contribution in [2.24, 2.45) is 0 Å². The van der Waals surface area contributed by atoms with Crippen LogP contribution in [0.2, 0.25) is 0 Å². The molecule has 3 rings (SSSR count). The van der Waals surface area contributed by atoms with Gasteiger partial charge in [-0.25, -0.2) is 14.4 Å². The Morgan fingerprint density at radius 1 is 1.20 bits per heavy atom. The van der Waals surface area contributed by atoms with E-state index in [9.17, 15) is 4.39 Å². The van der Waals surface area contributed by atoms with Gasteiger partial charge in [0.25, 0.3) is 0 Å². The molecule has 1 aromatic heterocycles. The highest BCUT2D eigenvalue weighted by Crippen LogP contribution is 2.37. The highest BCUT2D eigenvalue weighted by molar-refractivity contribution is 5.40. The van der Waals surface area contributed by atoms with E-state index in [2.05, 4.69) is 15.3 Å². The maximum Gasteiger partial charge on any atom is 0.187 e. The molecule has 80 valence electrons. The summed E-state index contributed by atoms with van der Waals surface area (Å²) in [5.74, 6) is 0.497. The monoisotopic (exact) mass is 207 g/mol. The Bertz CT molecular complexity index is 372. The highest BCUT2D eigenvalue weighted by Gasteiger charge is 2.28. The molecule has 3 nitrogen and oxygen atoms in total. The van der Waals surface area contributed by atoms with Crippen LogP contribution in [0.25, 0.3) is 0 Å². The molecule has 4 heteroatoms. The third-order valence-corrected chi connectivity index (χ3v) is 3.23. The molecular formula is C11H14FN3. The first-order valence-electron chi connectivity index (χ1n) is 5.61.